The average molecular weight is 286 g/mol. The minimum Gasteiger partial charge on any atom is -0.480 e. The van der Waals surface area contributed by atoms with Crippen LogP contribution in [0.15, 0.2) is 18.2 Å². The van der Waals surface area contributed by atoms with Gasteiger partial charge in [0.2, 0.25) is 0 Å². The maximum atomic E-state index is 13.1. The van der Waals surface area contributed by atoms with Crippen molar-refractivity contribution in [2.75, 3.05) is 6.54 Å². The van der Waals surface area contributed by atoms with Gasteiger partial charge in [-0.3, -0.25) is 4.79 Å². The summed E-state index contributed by atoms with van der Waals surface area (Å²) in [5, 5.41) is 8.98. The molecule has 0 aromatic heterocycles. The Hall–Kier alpha value is -1.62. The van der Waals surface area contributed by atoms with Gasteiger partial charge in [0.1, 0.15) is 11.9 Å². The van der Waals surface area contributed by atoms with E-state index in [2.05, 4.69) is 0 Å². The van der Waals surface area contributed by atoms with Crippen molar-refractivity contribution < 1.29 is 19.1 Å². The number of nitrogens with zero attached hydrogens (tertiary/aromatic N) is 1. The van der Waals surface area contributed by atoms with E-state index in [9.17, 15) is 14.0 Å². The Morgan fingerprint density at radius 1 is 1.37 bits per heavy atom. The van der Waals surface area contributed by atoms with Crippen LogP contribution in [0.25, 0.3) is 0 Å². The smallest absolute Gasteiger partial charge is 0.326 e. The Labute approximate surface area is 114 Å². The van der Waals surface area contributed by atoms with Crippen LogP contribution in [0.3, 0.4) is 0 Å². The van der Waals surface area contributed by atoms with Gasteiger partial charge >= 0.3 is 5.97 Å². The predicted octanol–water partition coefficient (Wildman–Crippen LogP) is 2.56. The first kappa shape index (κ1) is 13.8. The number of benzene rings is 1. The molecule has 1 amide bonds. The van der Waals surface area contributed by atoms with Crippen molar-refractivity contribution >= 4 is 23.5 Å². The first-order valence-corrected chi connectivity index (χ1v) is 6.37. The molecule has 4 nitrogen and oxygen atoms in total. The van der Waals surface area contributed by atoms with Crippen molar-refractivity contribution in [3.8, 4) is 0 Å². The number of carboxylic acid groups (broad SMARTS) is 1. The lowest BCUT2D eigenvalue weighted by atomic mass is 10.0. The minimum absolute atomic E-state index is 0.144. The summed E-state index contributed by atoms with van der Waals surface area (Å²) in [6.07, 6.45) is 1.99. The number of carbonyl (C=O) groups is 2. The molecule has 0 spiro atoms. The second-order valence-corrected chi connectivity index (χ2v) is 4.88. The number of halogens is 2. The van der Waals surface area contributed by atoms with Crippen LogP contribution in [0.4, 0.5) is 4.39 Å². The third kappa shape index (κ3) is 2.87. The lowest BCUT2D eigenvalue weighted by molar-refractivity contribution is -0.143. The van der Waals surface area contributed by atoms with Gasteiger partial charge in [-0.2, -0.15) is 0 Å². The van der Waals surface area contributed by atoms with E-state index in [-0.39, 0.29) is 10.6 Å². The van der Waals surface area contributed by atoms with E-state index in [0.29, 0.717) is 13.0 Å². The summed E-state index contributed by atoms with van der Waals surface area (Å²) >= 11 is 5.63. The molecule has 0 radical (unpaired) electrons. The zero-order chi connectivity index (χ0) is 14.0. The van der Waals surface area contributed by atoms with E-state index in [4.69, 9.17) is 16.7 Å². The molecule has 2 rings (SSSR count). The van der Waals surface area contributed by atoms with Crippen LogP contribution >= 0.6 is 11.6 Å². The number of likely N-dealkylation sites (tertiary alicyclic amines) is 1. The highest BCUT2D eigenvalue weighted by Gasteiger charge is 2.32. The first-order chi connectivity index (χ1) is 9.00. The van der Waals surface area contributed by atoms with Gasteiger partial charge in [-0.05, 0) is 37.5 Å². The minimum atomic E-state index is -1.01. The third-order valence-electron chi connectivity index (χ3n) is 3.22. The fourth-order valence-corrected chi connectivity index (χ4v) is 2.41. The molecule has 0 bridgehead atoms. The van der Waals surface area contributed by atoms with Gasteiger partial charge in [0.25, 0.3) is 5.91 Å². The molecule has 1 N–H and O–H groups in total. The maximum absolute atomic E-state index is 13.1. The fourth-order valence-electron chi connectivity index (χ4n) is 2.23. The van der Waals surface area contributed by atoms with Crippen LogP contribution in [-0.4, -0.2) is 34.5 Å². The van der Waals surface area contributed by atoms with Crippen LogP contribution < -0.4 is 0 Å². The first-order valence-electron chi connectivity index (χ1n) is 5.99. The SMILES string of the molecule is O=C(O)C1CCCCN1C(=O)c1ccc(F)c(Cl)c1. The number of hydrogen-bond donors (Lipinski definition) is 1. The van der Waals surface area contributed by atoms with Crippen LogP contribution in [0.2, 0.25) is 5.02 Å². The Morgan fingerprint density at radius 3 is 2.74 bits per heavy atom. The quantitative estimate of drug-likeness (QED) is 0.908. The topological polar surface area (TPSA) is 57.6 Å². The highest BCUT2D eigenvalue weighted by Crippen LogP contribution is 2.22. The predicted molar refractivity (Wildman–Crippen MR) is 67.7 cm³/mol. The highest BCUT2D eigenvalue weighted by atomic mass is 35.5. The molecular formula is C13H13ClFNO3. The molecule has 1 atom stereocenters. The molecule has 1 saturated heterocycles. The summed E-state index contributed by atoms with van der Waals surface area (Å²) in [5.41, 5.74) is 0.208. The number of carboxylic acids is 1. The van der Waals surface area contributed by atoms with E-state index >= 15 is 0 Å². The zero-order valence-corrected chi connectivity index (χ0v) is 10.9. The van der Waals surface area contributed by atoms with Crippen molar-refractivity contribution in [1.29, 1.82) is 0 Å². The van der Waals surface area contributed by atoms with Crippen molar-refractivity contribution in [2.45, 2.75) is 25.3 Å². The Kier molecular flexibility index (Phi) is 4.04. The normalized spacial score (nSPS) is 19.3. The molecule has 1 unspecified atom stereocenters. The molecule has 19 heavy (non-hydrogen) atoms. The van der Waals surface area contributed by atoms with Crippen molar-refractivity contribution in [1.82, 2.24) is 4.90 Å². The summed E-state index contributed by atoms with van der Waals surface area (Å²) in [5.74, 6) is -2.04. The molecule has 1 aromatic rings. The van der Waals surface area contributed by atoms with Crippen molar-refractivity contribution in [3.05, 3.63) is 34.6 Å². The lowest BCUT2D eigenvalue weighted by Gasteiger charge is -2.33. The van der Waals surface area contributed by atoms with Crippen LogP contribution in [-0.2, 0) is 4.79 Å². The van der Waals surface area contributed by atoms with E-state index in [1.807, 2.05) is 0 Å². The van der Waals surface area contributed by atoms with E-state index in [1.54, 1.807) is 0 Å². The zero-order valence-electron chi connectivity index (χ0n) is 10.1. The Bertz CT molecular complexity index is 521. The van der Waals surface area contributed by atoms with Crippen LogP contribution in [0.5, 0.6) is 0 Å². The number of amides is 1. The third-order valence-corrected chi connectivity index (χ3v) is 3.50. The van der Waals surface area contributed by atoms with Gasteiger partial charge in [0, 0.05) is 12.1 Å². The van der Waals surface area contributed by atoms with Crippen molar-refractivity contribution in [2.24, 2.45) is 0 Å². The van der Waals surface area contributed by atoms with Gasteiger partial charge in [-0.15, -0.1) is 0 Å². The van der Waals surface area contributed by atoms with Gasteiger partial charge in [0.15, 0.2) is 0 Å². The molecule has 6 heteroatoms. The monoisotopic (exact) mass is 285 g/mol. The maximum Gasteiger partial charge on any atom is 0.326 e. The molecule has 1 fully saturated rings. The number of aliphatic carboxylic acids is 1. The summed E-state index contributed by atoms with van der Waals surface area (Å²) < 4.78 is 13.1. The summed E-state index contributed by atoms with van der Waals surface area (Å²) in [6, 6.07) is 2.84. The number of rotatable bonds is 2. The highest BCUT2D eigenvalue weighted by molar-refractivity contribution is 6.31. The summed E-state index contributed by atoms with van der Waals surface area (Å²) in [6.45, 7) is 0.394. The Balaban J connectivity index is 2.26. The Morgan fingerprint density at radius 2 is 2.11 bits per heavy atom. The summed E-state index contributed by atoms with van der Waals surface area (Å²) in [4.78, 5) is 24.7. The fraction of sp³-hybridized carbons (Fsp3) is 0.385. The standard InChI is InChI=1S/C13H13ClFNO3/c14-9-7-8(4-5-10(9)15)12(17)16-6-2-1-3-11(16)13(18)19/h4-5,7,11H,1-3,6H2,(H,18,19). The molecule has 1 aromatic carbocycles. The number of hydrogen-bond acceptors (Lipinski definition) is 2. The molecule has 1 heterocycles. The summed E-state index contributed by atoms with van der Waals surface area (Å²) in [7, 11) is 0. The van der Waals surface area contributed by atoms with Gasteiger partial charge in [-0.1, -0.05) is 11.6 Å². The molecule has 1 aliphatic heterocycles. The van der Waals surface area contributed by atoms with Crippen LogP contribution in [0, 0.1) is 5.82 Å². The second-order valence-electron chi connectivity index (χ2n) is 4.48. The number of carbonyl (C=O) groups excluding carboxylic acids is 1. The van der Waals surface area contributed by atoms with E-state index in [0.717, 1.165) is 18.9 Å². The molecule has 0 aliphatic carbocycles. The van der Waals surface area contributed by atoms with Gasteiger partial charge in [-0.25, -0.2) is 9.18 Å². The second kappa shape index (κ2) is 5.57. The van der Waals surface area contributed by atoms with Gasteiger partial charge in [0.05, 0.1) is 5.02 Å². The van der Waals surface area contributed by atoms with Crippen LogP contribution in [0.1, 0.15) is 29.6 Å². The average Bonchev–Trinajstić information content (AvgIpc) is 2.41. The van der Waals surface area contributed by atoms with E-state index < -0.39 is 23.7 Å². The lowest BCUT2D eigenvalue weighted by Crippen LogP contribution is -2.47. The molecule has 0 saturated carbocycles. The van der Waals surface area contributed by atoms with E-state index in [1.165, 1.54) is 17.0 Å². The largest absolute Gasteiger partial charge is 0.480 e. The molecular weight excluding hydrogens is 273 g/mol. The molecule has 102 valence electrons. The number of piperidine rings is 1. The van der Waals surface area contributed by atoms with Crippen molar-refractivity contribution in [3.63, 3.8) is 0 Å². The van der Waals surface area contributed by atoms with Gasteiger partial charge < -0.3 is 10.0 Å². The molecule has 1 aliphatic rings.